The molecule has 3 nitrogen and oxygen atoms in total. The lowest BCUT2D eigenvalue weighted by molar-refractivity contribution is -0.274. The molecule has 0 N–H and O–H groups in total. The fourth-order valence-electron chi connectivity index (χ4n) is 1.62. The van der Waals surface area contributed by atoms with Crippen LogP contribution in [0.25, 0.3) is 6.08 Å². The monoisotopic (exact) mass is 304 g/mol. The van der Waals surface area contributed by atoms with E-state index in [1.54, 1.807) is 12.2 Å². The lowest BCUT2D eigenvalue weighted by atomic mass is 9.84. The maximum Gasteiger partial charge on any atom is 0.573 e. The van der Waals surface area contributed by atoms with Crippen molar-refractivity contribution in [3.05, 3.63) is 35.9 Å². The molecule has 0 amide bonds. The minimum Gasteiger partial charge on any atom is -0.406 e. The summed E-state index contributed by atoms with van der Waals surface area (Å²) in [5.41, 5.74) is -0.676. The summed E-state index contributed by atoms with van der Waals surface area (Å²) in [5, 5.41) is 18.0. The smallest absolute Gasteiger partial charge is 0.406 e. The van der Waals surface area contributed by atoms with E-state index in [0.29, 0.717) is 5.56 Å². The van der Waals surface area contributed by atoms with Gasteiger partial charge in [0.15, 0.2) is 5.41 Å². The molecule has 0 aromatic heterocycles. The van der Waals surface area contributed by atoms with E-state index in [1.807, 2.05) is 12.1 Å². The average Bonchev–Trinajstić information content (AvgIpc) is 2.46. The van der Waals surface area contributed by atoms with Gasteiger partial charge in [-0.2, -0.15) is 10.5 Å². The highest BCUT2D eigenvalue weighted by atomic mass is 19.4. The standard InChI is InChI=1S/C16H11F3N2O/c1-2-9-15(11-20,12-21)10-3-4-13-5-7-14(8-6-13)22-16(17,18)19/h1,3-8H,9-10H2. The SMILES string of the molecule is C#CCC(C#N)(C#N)CC=Cc1ccc(OC(F)(F)F)cc1. The van der Waals surface area contributed by atoms with Crippen molar-refractivity contribution in [3.63, 3.8) is 0 Å². The minimum absolute atomic E-state index is 0.00268. The van der Waals surface area contributed by atoms with Gasteiger partial charge in [0.1, 0.15) is 5.75 Å². The quantitative estimate of drug-likeness (QED) is 0.771. The molecule has 0 saturated heterocycles. The average molecular weight is 304 g/mol. The summed E-state index contributed by atoms with van der Waals surface area (Å²) < 4.78 is 39.8. The zero-order valence-corrected chi connectivity index (χ0v) is 11.4. The number of benzene rings is 1. The second kappa shape index (κ2) is 7.20. The summed E-state index contributed by atoms with van der Waals surface area (Å²) in [5.74, 6) is 1.97. The molecular weight excluding hydrogens is 293 g/mol. The van der Waals surface area contributed by atoms with Gasteiger partial charge in [0, 0.05) is 6.42 Å². The summed E-state index contributed by atoms with van der Waals surface area (Å²) in [6.07, 6.45) is 3.72. The van der Waals surface area contributed by atoms with Crippen LogP contribution in [0.1, 0.15) is 18.4 Å². The molecule has 0 unspecified atom stereocenters. The van der Waals surface area contributed by atoms with E-state index in [2.05, 4.69) is 10.7 Å². The Labute approximate surface area is 126 Å². The Morgan fingerprint density at radius 2 is 1.73 bits per heavy atom. The van der Waals surface area contributed by atoms with Crippen LogP contribution in [0.2, 0.25) is 0 Å². The molecule has 0 radical (unpaired) electrons. The lowest BCUT2D eigenvalue weighted by Crippen LogP contribution is -2.16. The Hall–Kier alpha value is -2.91. The molecule has 0 aliphatic heterocycles. The number of halogens is 3. The molecule has 0 fully saturated rings. The highest BCUT2D eigenvalue weighted by molar-refractivity contribution is 5.51. The first-order valence-corrected chi connectivity index (χ1v) is 6.12. The number of hydrogen-bond acceptors (Lipinski definition) is 3. The van der Waals surface area contributed by atoms with E-state index in [-0.39, 0.29) is 18.6 Å². The summed E-state index contributed by atoms with van der Waals surface area (Å²) in [6, 6.07) is 8.99. The molecule has 0 heterocycles. The van der Waals surface area contributed by atoms with E-state index >= 15 is 0 Å². The maximum absolute atomic E-state index is 12.0. The molecule has 1 aromatic rings. The van der Waals surface area contributed by atoms with Crippen molar-refractivity contribution in [2.24, 2.45) is 5.41 Å². The number of nitriles is 2. The first-order valence-electron chi connectivity index (χ1n) is 6.12. The van der Waals surface area contributed by atoms with Crippen LogP contribution in [0.3, 0.4) is 0 Å². The summed E-state index contributed by atoms with van der Waals surface area (Å²) in [6.45, 7) is 0. The fourth-order valence-corrected chi connectivity index (χ4v) is 1.62. The number of alkyl halides is 3. The van der Waals surface area contributed by atoms with Crippen LogP contribution in [0.5, 0.6) is 5.75 Å². The number of hydrogen-bond donors (Lipinski definition) is 0. The van der Waals surface area contributed by atoms with Crippen molar-refractivity contribution < 1.29 is 17.9 Å². The van der Waals surface area contributed by atoms with Gasteiger partial charge in [-0.1, -0.05) is 24.3 Å². The molecule has 1 rings (SSSR count). The molecule has 0 saturated carbocycles. The van der Waals surface area contributed by atoms with Crippen molar-refractivity contribution in [2.75, 3.05) is 0 Å². The number of rotatable bonds is 5. The highest BCUT2D eigenvalue weighted by Crippen LogP contribution is 2.26. The molecule has 0 aliphatic carbocycles. The van der Waals surface area contributed by atoms with Gasteiger partial charge in [0.25, 0.3) is 0 Å². The third kappa shape index (κ3) is 5.23. The lowest BCUT2D eigenvalue weighted by Gasteiger charge is -2.12. The molecule has 6 heteroatoms. The Bertz CT molecular complexity index is 641. The fraction of sp³-hybridized carbons (Fsp3) is 0.250. The topological polar surface area (TPSA) is 56.8 Å². The van der Waals surface area contributed by atoms with Crippen LogP contribution in [0, 0.1) is 40.4 Å². The van der Waals surface area contributed by atoms with Crippen molar-refractivity contribution >= 4 is 6.08 Å². The van der Waals surface area contributed by atoms with E-state index in [9.17, 15) is 13.2 Å². The largest absolute Gasteiger partial charge is 0.573 e. The number of allylic oxidation sites excluding steroid dienone is 1. The highest BCUT2D eigenvalue weighted by Gasteiger charge is 2.31. The molecule has 0 bridgehead atoms. The Balaban J connectivity index is 2.74. The number of terminal acetylenes is 1. The van der Waals surface area contributed by atoms with Gasteiger partial charge in [0.05, 0.1) is 12.1 Å². The van der Waals surface area contributed by atoms with Gasteiger partial charge in [-0.05, 0) is 24.1 Å². The van der Waals surface area contributed by atoms with Crippen LogP contribution in [-0.4, -0.2) is 6.36 Å². The molecule has 0 spiro atoms. The molecule has 0 aliphatic rings. The third-order valence-corrected chi connectivity index (χ3v) is 2.72. The van der Waals surface area contributed by atoms with Gasteiger partial charge in [-0.15, -0.1) is 25.5 Å². The molecule has 1 aromatic carbocycles. The number of ether oxygens (including phenoxy) is 1. The zero-order valence-electron chi connectivity index (χ0n) is 11.4. The normalized spacial score (nSPS) is 11.5. The first-order chi connectivity index (χ1) is 10.3. The van der Waals surface area contributed by atoms with E-state index in [0.717, 1.165) is 0 Å². The Kier molecular flexibility index (Phi) is 5.61. The predicted molar refractivity (Wildman–Crippen MR) is 73.9 cm³/mol. The minimum atomic E-state index is -4.73. The Morgan fingerprint density at radius 3 is 2.18 bits per heavy atom. The molecule has 112 valence electrons. The first kappa shape index (κ1) is 17.1. The van der Waals surface area contributed by atoms with Crippen molar-refractivity contribution in [2.45, 2.75) is 19.2 Å². The van der Waals surface area contributed by atoms with E-state index in [1.165, 1.54) is 24.3 Å². The third-order valence-electron chi connectivity index (χ3n) is 2.72. The zero-order chi connectivity index (χ0) is 16.6. The number of nitrogens with zero attached hydrogens (tertiary/aromatic N) is 2. The van der Waals surface area contributed by atoms with Crippen LogP contribution in [-0.2, 0) is 0 Å². The summed E-state index contributed by atoms with van der Waals surface area (Å²) in [4.78, 5) is 0. The second-order valence-corrected chi connectivity index (χ2v) is 4.41. The van der Waals surface area contributed by atoms with E-state index in [4.69, 9.17) is 16.9 Å². The van der Waals surface area contributed by atoms with Gasteiger partial charge in [-0.3, -0.25) is 0 Å². The van der Waals surface area contributed by atoms with Gasteiger partial charge < -0.3 is 4.74 Å². The van der Waals surface area contributed by atoms with Gasteiger partial charge in [0.2, 0.25) is 0 Å². The van der Waals surface area contributed by atoms with Crippen LogP contribution >= 0.6 is 0 Å². The van der Waals surface area contributed by atoms with Crippen molar-refractivity contribution in [1.82, 2.24) is 0 Å². The Morgan fingerprint density at radius 1 is 1.14 bits per heavy atom. The van der Waals surface area contributed by atoms with Crippen LogP contribution in [0.4, 0.5) is 13.2 Å². The summed E-state index contributed by atoms with van der Waals surface area (Å²) >= 11 is 0. The molecule has 22 heavy (non-hydrogen) atoms. The van der Waals surface area contributed by atoms with Gasteiger partial charge >= 0.3 is 6.36 Å². The van der Waals surface area contributed by atoms with Crippen LogP contribution in [0.15, 0.2) is 30.3 Å². The molecular formula is C16H11F3N2O. The predicted octanol–water partition coefficient (Wildman–Crippen LogP) is 4.05. The van der Waals surface area contributed by atoms with Crippen LogP contribution < -0.4 is 4.74 Å². The van der Waals surface area contributed by atoms with Crippen molar-refractivity contribution in [1.29, 1.82) is 10.5 Å². The van der Waals surface area contributed by atoms with Gasteiger partial charge in [-0.25, -0.2) is 0 Å². The summed E-state index contributed by atoms with van der Waals surface area (Å²) in [7, 11) is 0. The maximum atomic E-state index is 12.0. The second-order valence-electron chi connectivity index (χ2n) is 4.41. The van der Waals surface area contributed by atoms with Crippen molar-refractivity contribution in [3.8, 4) is 30.2 Å². The molecule has 0 atom stereocenters. The van der Waals surface area contributed by atoms with E-state index < -0.39 is 11.8 Å².